The van der Waals surface area contributed by atoms with Gasteiger partial charge in [0.15, 0.2) is 0 Å². The van der Waals surface area contributed by atoms with Gasteiger partial charge in [-0.3, -0.25) is 4.79 Å². The zero-order valence-corrected chi connectivity index (χ0v) is 15.1. The van der Waals surface area contributed by atoms with E-state index in [0.29, 0.717) is 17.6 Å². The quantitative estimate of drug-likeness (QED) is 0.868. The molecule has 0 aliphatic heterocycles. The molecule has 0 aliphatic rings. The van der Waals surface area contributed by atoms with E-state index in [1.54, 1.807) is 12.3 Å². The summed E-state index contributed by atoms with van der Waals surface area (Å²) in [6.45, 7) is 11.3. The van der Waals surface area contributed by atoms with Gasteiger partial charge in [0.2, 0.25) is 5.95 Å². The molecule has 2 rings (SSSR count). The summed E-state index contributed by atoms with van der Waals surface area (Å²) in [6.07, 6.45) is 1.60. The number of amides is 1. The van der Waals surface area contributed by atoms with Crippen molar-refractivity contribution in [3.63, 3.8) is 0 Å². The van der Waals surface area contributed by atoms with Crippen LogP contribution in [0.5, 0.6) is 0 Å². The maximum Gasteiger partial charge on any atom is 0.274 e. The Labute approximate surface area is 143 Å². The molecule has 2 N–H and O–H groups in total. The lowest BCUT2D eigenvalue weighted by molar-refractivity contribution is 0.102. The number of nitrogens with one attached hydrogen (secondary N) is 2. The predicted molar refractivity (Wildman–Crippen MR) is 98.5 cm³/mol. The van der Waals surface area contributed by atoms with Gasteiger partial charge in [-0.2, -0.15) is 0 Å². The summed E-state index contributed by atoms with van der Waals surface area (Å²) in [5.41, 5.74) is 2.19. The topological polar surface area (TPSA) is 66.9 Å². The smallest absolute Gasteiger partial charge is 0.274 e. The van der Waals surface area contributed by atoms with Crippen molar-refractivity contribution < 1.29 is 4.79 Å². The molecule has 5 nitrogen and oxygen atoms in total. The average Bonchev–Trinajstić information content (AvgIpc) is 2.52. The van der Waals surface area contributed by atoms with Crippen LogP contribution in [0.4, 0.5) is 11.6 Å². The van der Waals surface area contributed by atoms with Crippen molar-refractivity contribution in [2.75, 3.05) is 17.2 Å². The molecule has 0 saturated carbocycles. The lowest BCUT2D eigenvalue weighted by Gasteiger charge is -2.22. The monoisotopic (exact) mass is 326 g/mol. The molecule has 24 heavy (non-hydrogen) atoms. The average molecular weight is 326 g/mol. The van der Waals surface area contributed by atoms with E-state index >= 15 is 0 Å². The van der Waals surface area contributed by atoms with Crippen LogP contribution in [0.3, 0.4) is 0 Å². The Morgan fingerprint density at radius 3 is 2.54 bits per heavy atom. The normalized spacial score (nSPS) is 11.4. The van der Waals surface area contributed by atoms with Crippen molar-refractivity contribution >= 4 is 17.5 Å². The van der Waals surface area contributed by atoms with Crippen LogP contribution in [-0.2, 0) is 5.41 Å². The molecule has 1 amide bonds. The first kappa shape index (κ1) is 17.9. The van der Waals surface area contributed by atoms with Gasteiger partial charge in [0.1, 0.15) is 5.69 Å². The number of para-hydroxylation sites is 1. The molecule has 0 atom stereocenters. The van der Waals surface area contributed by atoms with E-state index in [9.17, 15) is 4.79 Å². The van der Waals surface area contributed by atoms with Crippen LogP contribution in [0.25, 0.3) is 0 Å². The van der Waals surface area contributed by atoms with Gasteiger partial charge < -0.3 is 10.6 Å². The molecule has 5 heteroatoms. The zero-order chi connectivity index (χ0) is 17.7. The molecule has 0 bridgehead atoms. The minimum absolute atomic E-state index is 0.0560. The van der Waals surface area contributed by atoms with E-state index in [0.717, 1.165) is 17.8 Å². The highest BCUT2D eigenvalue weighted by Gasteiger charge is 2.19. The number of nitrogens with zero attached hydrogens (tertiary/aromatic N) is 2. The largest absolute Gasteiger partial charge is 0.354 e. The maximum atomic E-state index is 12.6. The van der Waals surface area contributed by atoms with Crippen molar-refractivity contribution in [3.8, 4) is 0 Å². The lowest BCUT2D eigenvalue weighted by atomic mass is 9.86. The molecule has 1 aromatic heterocycles. The highest BCUT2D eigenvalue weighted by Crippen LogP contribution is 2.29. The first-order valence-corrected chi connectivity index (χ1v) is 8.25. The van der Waals surface area contributed by atoms with E-state index in [2.05, 4.69) is 55.2 Å². The van der Waals surface area contributed by atoms with Crippen molar-refractivity contribution in [2.24, 2.45) is 5.92 Å². The molecule has 0 saturated heterocycles. The Balaban J connectivity index is 2.18. The summed E-state index contributed by atoms with van der Waals surface area (Å²) in [5.74, 6) is 0.715. The van der Waals surface area contributed by atoms with E-state index in [1.165, 1.54) is 0 Å². The third-order valence-corrected chi connectivity index (χ3v) is 3.54. The van der Waals surface area contributed by atoms with Gasteiger partial charge in [0, 0.05) is 18.4 Å². The lowest BCUT2D eigenvalue weighted by Crippen LogP contribution is -2.20. The van der Waals surface area contributed by atoms with E-state index in [1.807, 2.05) is 24.3 Å². The molecule has 1 aromatic carbocycles. The Morgan fingerprint density at radius 1 is 1.17 bits per heavy atom. The Kier molecular flexibility index (Phi) is 5.54. The number of carbonyl (C=O) groups is 1. The molecular formula is C19H26N4O. The summed E-state index contributed by atoms with van der Waals surface area (Å²) in [4.78, 5) is 21.0. The minimum atomic E-state index is -0.235. The number of aromatic nitrogens is 2. The van der Waals surface area contributed by atoms with Crippen LogP contribution < -0.4 is 10.6 Å². The van der Waals surface area contributed by atoms with Crippen molar-refractivity contribution in [1.82, 2.24) is 9.97 Å². The molecule has 1 heterocycles. The van der Waals surface area contributed by atoms with Crippen LogP contribution in [0.2, 0.25) is 0 Å². The first-order chi connectivity index (χ1) is 11.3. The van der Waals surface area contributed by atoms with Crippen LogP contribution in [0, 0.1) is 5.92 Å². The van der Waals surface area contributed by atoms with Gasteiger partial charge in [-0.05, 0) is 29.0 Å². The summed E-state index contributed by atoms with van der Waals surface area (Å²) >= 11 is 0. The van der Waals surface area contributed by atoms with Crippen LogP contribution in [0.1, 0.15) is 50.7 Å². The molecule has 0 spiro atoms. The fourth-order valence-corrected chi connectivity index (χ4v) is 2.30. The maximum absolute atomic E-state index is 12.6. The molecule has 2 aromatic rings. The van der Waals surface area contributed by atoms with Crippen LogP contribution in [0.15, 0.2) is 36.5 Å². The second-order valence-electron chi connectivity index (χ2n) is 7.29. The highest BCUT2D eigenvalue weighted by molar-refractivity contribution is 6.03. The number of rotatable bonds is 5. The highest BCUT2D eigenvalue weighted by atomic mass is 16.1. The van der Waals surface area contributed by atoms with Gasteiger partial charge in [0.25, 0.3) is 5.91 Å². The number of anilines is 2. The third-order valence-electron chi connectivity index (χ3n) is 3.54. The molecule has 0 radical (unpaired) electrons. The fraction of sp³-hybridized carbons (Fsp3) is 0.421. The second-order valence-corrected chi connectivity index (χ2v) is 7.29. The number of carbonyl (C=O) groups excluding carboxylic acids is 1. The molecule has 0 unspecified atom stereocenters. The van der Waals surface area contributed by atoms with Gasteiger partial charge in [-0.25, -0.2) is 9.97 Å². The molecular weight excluding hydrogens is 300 g/mol. The zero-order valence-electron chi connectivity index (χ0n) is 15.1. The third kappa shape index (κ3) is 4.78. The van der Waals surface area contributed by atoms with E-state index in [4.69, 9.17) is 0 Å². The van der Waals surface area contributed by atoms with Crippen LogP contribution in [-0.4, -0.2) is 22.4 Å². The van der Waals surface area contributed by atoms with Gasteiger partial charge in [-0.1, -0.05) is 52.8 Å². The van der Waals surface area contributed by atoms with Gasteiger partial charge >= 0.3 is 0 Å². The number of benzene rings is 1. The summed E-state index contributed by atoms with van der Waals surface area (Å²) in [7, 11) is 0. The summed E-state index contributed by atoms with van der Waals surface area (Å²) < 4.78 is 0. The standard InChI is InChI=1S/C19H26N4O/c1-13(2)12-21-18-20-11-10-16(23-18)17(24)22-15-9-7-6-8-14(15)19(3,4)5/h6-11,13H,12H2,1-5H3,(H,22,24)(H,20,21,23). The van der Waals surface area contributed by atoms with Crippen LogP contribution >= 0.6 is 0 Å². The second kappa shape index (κ2) is 7.43. The Hall–Kier alpha value is -2.43. The number of hydrogen-bond acceptors (Lipinski definition) is 4. The SMILES string of the molecule is CC(C)CNc1nccc(C(=O)Nc2ccccc2C(C)(C)C)n1. The van der Waals surface area contributed by atoms with Gasteiger partial charge in [-0.15, -0.1) is 0 Å². The van der Waals surface area contributed by atoms with Gasteiger partial charge in [0.05, 0.1) is 0 Å². The molecule has 0 aliphatic carbocycles. The first-order valence-electron chi connectivity index (χ1n) is 8.25. The predicted octanol–water partition coefficient (Wildman–Crippen LogP) is 4.09. The number of hydrogen-bond donors (Lipinski definition) is 2. The summed E-state index contributed by atoms with van der Waals surface area (Å²) in [5, 5.41) is 6.11. The summed E-state index contributed by atoms with van der Waals surface area (Å²) in [6, 6.07) is 9.47. The van der Waals surface area contributed by atoms with Crippen molar-refractivity contribution in [2.45, 2.75) is 40.0 Å². The molecule has 128 valence electrons. The van der Waals surface area contributed by atoms with Crippen molar-refractivity contribution in [3.05, 3.63) is 47.8 Å². The van der Waals surface area contributed by atoms with Crippen molar-refractivity contribution in [1.29, 1.82) is 0 Å². The molecule has 0 fully saturated rings. The fourth-order valence-electron chi connectivity index (χ4n) is 2.30. The van der Waals surface area contributed by atoms with E-state index < -0.39 is 0 Å². The Morgan fingerprint density at radius 2 is 1.88 bits per heavy atom. The van der Waals surface area contributed by atoms with E-state index in [-0.39, 0.29) is 11.3 Å². The minimum Gasteiger partial charge on any atom is -0.354 e. The Bertz CT molecular complexity index is 705.